The molecule has 0 spiro atoms. The molecule has 0 amide bonds. The molecule has 0 saturated heterocycles. The molecular weight excluding hydrogens is 200 g/mol. The molecule has 0 bridgehead atoms. The third-order valence-electron chi connectivity index (χ3n) is 1.97. The van der Waals surface area contributed by atoms with Gasteiger partial charge in [-0.25, -0.2) is 4.98 Å². The van der Waals surface area contributed by atoms with Crippen LogP contribution in [0.5, 0.6) is 0 Å². The molecule has 0 fully saturated rings. The van der Waals surface area contributed by atoms with Gasteiger partial charge in [0, 0.05) is 4.88 Å². The fraction of sp³-hybridized carbons (Fsp3) is 0.222. The van der Waals surface area contributed by atoms with Gasteiger partial charge >= 0.3 is 0 Å². The largest absolute Gasteiger partial charge is 0.320 e. The Morgan fingerprint density at radius 3 is 2.92 bits per heavy atom. The molecule has 0 aliphatic heterocycles. The van der Waals surface area contributed by atoms with Gasteiger partial charge in [0.25, 0.3) is 0 Å². The minimum atomic E-state index is -0.00116. The molecule has 0 aliphatic carbocycles. The van der Waals surface area contributed by atoms with E-state index in [1.54, 1.807) is 22.7 Å². The van der Waals surface area contributed by atoms with Crippen LogP contribution in [-0.4, -0.2) is 4.98 Å². The lowest BCUT2D eigenvalue weighted by Gasteiger charge is -2.07. The van der Waals surface area contributed by atoms with Crippen LogP contribution >= 0.6 is 22.7 Å². The second-order valence-corrected chi connectivity index (χ2v) is 4.50. The van der Waals surface area contributed by atoms with Gasteiger partial charge in [-0.1, -0.05) is 0 Å². The van der Waals surface area contributed by atoms with Crippen molar-refractivity contribution in [2.45, 2.75) is 13.0 Å². The van der Waals surface area contributed by atoms with Crippen molar-refractivity contribution in [1.29, 1.82) is 0 Å². The zero-order chi connectivity index (χ0) is 9.26. The third kappa shape index (κ3) is 1.65. The summed E-state index contributed by atoms with van der Waals surface area (Å²) in [4.78, 5) is 5.35. The van der Waals surface area contributed by atoms with E-state index in [2.05, 4.69) is 16.4 Å². The summed E-state index contributed by atoms with van der Waals surface area (Å²) in [5.74, 6) is 0. The maximum Gasteiger partial charge on any atom is 0.0798 e. The molecule has 2 aromatic heterocycles. The number of aromatic nitrogens is 1. The fourth-order valence-electron chi connectivity index (χ4n) is 1.21. The molecule has 2 aromatic rings. The molecule has 0 saturated carbocycles. The second kappa shape index (κ2) is 3.57. The Balaban J connectivity index is 2.33. The molecule has 13 heavy (non-hydrogen) atoms. The summed E-state index contributed by atoms with van der Waals surface area (Å²) < 4.78 is 0. The van der Waals surface area contributed by atoms with E-state index in [1.165, 1.54) is 10.4 Å². The number of nitrogens with two attached hydrogens (primary N) is 1. The van der Waals surface area contributed by atoms with E-state index in [4.69, 9.17) is 5.73 Å². The summed E-state index contributed by atoms with van der Waals surface area (Å²) in [7, 11) is 0. The van der Waals surface area contributed by atoms with Crippen molar-refractivity contribution in [3.8, 4) is 0 Å². The van der Waals surface area contributed by atoms with Crippen molar-refractivity contribution in [1.82, 2.24) is 4.98 Å². The average Bonchev–Trinajstić information content (AvgIpc) is 2.72. The predicted molar refractivity (Wildman–Crippen MR) is 57.2 cm³/mol. The third-order valence-corrected chi connectivity index (χ3v) is 3.68. The maximum absolute atomic E-state index is 6.08. The first kappa shape index (κ1) is 8.87. The lowest BCUT2D eigenvalue weighted by molar-refractivity contribution is 0.883. The van der Waals surface area contributed by atoms with E-state index in [-0.39, 0.29) is 6.04 Å². The summed E-state index contributed by atoms with van der Waals surface area (Å²) in [6, 6.07) is 2.06. The van der Waals surface area contributed by atoms with Crippen molar-refractivity contribution in [2.75, 3.05) is 0 Å². The van der Waals surface area contributed by atoms with Crippen molar-refractivity contribution >= 4 is 22.7 Å². The summed E-state index contributed by atoms with van der Waals surface area (Å²) in [6.07, 6.45) is 0. The zero-order valence-electron chi connectivity index (χ0n) is 7.23. The van der Waals surface area contributed by atoms with Gasteiger partial charge in [0.05, 0.1) is 17.2 Å². The van der Waals surface area contributed by atoms with Crippen LogP contribution in [0, 0.1) is 6.92 Å². The summed E-state index contributed by atoms with van der Waals surface area (Å²) in [5, 5.41) is 4.13. The number of nitrogens with zero attached hydrogens (tertiary/aromatic N) is 1. The summed E-state index contributed by atoms with van der Waals surface area (Å²) in [5.41, 5.74) is 10.2. The molecule has 2 nitrogen and oxygen atoms in total. The molecule has 4 heteroatoms. The van der Waals surface area contributed by atoms with Crippen molar-refractivity contribution in [3.63, 3.8) is 0 Å². The Bertz CT molecular complexity index is 378. The number of thiazole rings is 1. The molecule has 68 valence electrons. The van der Waals surface area contributed by atoms with E-state index >= 15 is 0 Å². The van der Waals surface area contributed by atoms with Crippen LogP contribution in [0.4, 0.5) is 0 Å². The van der Waals surface area contributed by atoms with E-state index in [0.29, 0.717) is 0 Å². The highest BCUT2D eigenvalue weighted by Crippen LogP contribution is 2.26. The van der Waals surface area contributed by atoms with Crippen molar-refractivity contribution in [3.05, 3.63) is 38.5 Å². The smallest absolute Gasteiger partial charge is 0.0798 e. The normalized spacial score (nSPS) is 13.1. The fourth-order valence-corrected chi connectivity index (χ4v) is 2.74. The van der Waals surface area contributed by atoms with E-state index in [9.17, 15) is 0 Å². The van der Waals surface area contributed by atoms with Gasteiger partial charge in [-0.3, -0.25) is 0 Å². The van der Waals surface area contributed by atoms with Crippen LogP contribution in [0.15, 0.2) is 22.3 Å². The Hall–Kier alpha value is -0.710. The minimum Gasteiger partial charge on any atom is -0.320 e. The standard InChI is InChI=1S/C9H10N2S2/c1-6-9(13-5-11-6)8(10)7-2-3-12-4-7/h2-5,8H,10H2,1H3. The molecule has 0 radical (unpaired) electrons. The highest BCUT2D eigenvalue weighted by atomic mass is 32.1. The first-order valence-corrected chi connectivity index (χ1v) is 5.79. The van der Waals surface area contributed by atoms with Crippen molar-refractivity contribution < 1.29 is 0 Å². The summed E-state index contributed by atoms with van der Waals surface area (Å²) >= 11 is 3.30. The zero-order valence-corrected chi connectivity index (χ0v) is 8.86. The molecule has 2 rings (SSSR count). The minimum absolute atomic E-state index is 0.00116. The first-order valence-electron chi connectivity index (χ1n) is 3.96. The van der Waals surface area contributed by atoms with E-state index in [0.717, 1.165) is 5.69 Å². The van der Waals surface area contributed by atoms with Gasteiger partial charge in [0.15, 0.2) is 0 Å². The average molecular weight is 210 g/mol. The van der Waals surface area contributed by atoms with E-state index < -0.39 is 0 Å². The Morgan fingerprint density at radius 2 is 2.38 bits per heavy atom. The van der Waals surface area contributed by atoms with Crippen LogP contribution in [-0.2, 0) is 0 Å². The van der Waals surface area contributed by atoms with Gasteiger partial charge in [-0.15, -0.1) is 11.3 Å². The van der Waals surface area contributed by atoms with Crippen LogP contribution in [0.2, 0.25) is 0 Å². The van der Waals surface area contributed by atoms with Crippen LogP contribution in [0.25, 0.3) is 0 Å². The number of hydrogen-bond donors (Lipinski definition) is 1. The molecular formula is C9H10N2S2. The highest BCUT2D eigenvalue weighted by Gasteiger charge is 2.13. The topological polar surface area (TPSA) is 38.9 Å². The molecule has 2 heterocycles. The van der Waals surface area contributed by atoms with Crippen molar-refractivity contribution in [2.24, 2.45) is 5.73 Å². The highest BCUT2D eigenvalue weighted by molar-refractivity contribution is 7.10. The van der Waals surface area contributed by atoms with E-state index in [1.807, 2.05) is 17.8 Å². The number of thiophene rings is 1. The van der Waals surface area contributed by atoms with Gasteiger partial charge in [-0.05, 0) is 29.3 Å². The molecule has 1 unspecified atom stereocenters. The van der Waals surface area contributed by atoms with Crippen LogP contribution in [0.3, 0.4) is 0 Å². The first-order chi connectivity index (χ1) is 6.29. The Labute approximate surface area is 85.1 Å². The monoisotopic (exact) mass is 210 g/mol. The maximum atomic E-state index is 6.08. The summed E-state index contributed by atoms with van der Waals surface area (Å²) in [6.45, 7) is 2.00. The SMILES string of the molecule is Cc1ncsc1C(N)c1ccsc1. The van der Waals surface area contributed by atoms with Gasteiger partial charge in [-0.2, -0.15) is 11.3 Å². The van der Waals surface area contributed by atoms with Gasteiger partial charge in [0.1, 0.15) is 0 Å². The number of hydrogen-bond acceptors (Lipinski definition) is 4. The molecule has 0 aromatic carbocycles. The quantitative estimate of drug-likeness (QED) is 0.827. The Kier molecular flexibility index (Phi) is 2.44. The number of rotatable bonds is 2. The number of aryl methyl sites for hydroxylation is 1. The lowest BCUT2D eigenvalue weighted by Crippen LogP contribution is -2.10. The van der Waals surface area contributed by atoms with Gasteiger partial charge in [0.2, 0.25) is 0 Å². The van der Waals surface area contributed by atoms with Crippen LogP contribution in [0.1, 0.15) is 22.2 Å². The molecule has 1 atom stereocenters. The molecule has 0 aliphatic rings. The Morgan fingerprint density at radius 1 is 1.54 bits per heavy atom. The molecule has 2 N–H and O–H groups in total. The van der Waals surface area contributed by atoms with Gasteiger partial charge < -0.3 is 5.73 Å². The second-order valence-electron chi connectivity index (χ2n) is 2.84. The lowest BCUT2D eigenvalue weighted by atomic mass is 10.1. The van der Waals surface area contributed by atoms with Crippen LogP contribution < -0.4 is 5.73 Å². The predicted octanol–water partition coefficient (Wildman–Crippen LogP) is 2.56.